The van der Waals surface area contributed by atoms with Gasteiger partial charge in [-0.15, -0.1) is 0 Å². The molecule has 0 saturated carbocycles. The lowest BCUT2D eigenvalue weighted by Crippen LogP contribution is -2.33. The predicted octanol–water partition coefficient (Wildman–Crippen LogP) is 3.93. The van der Waals surface area contributed by atoms with Crippen molar-refractivity contribution >= 4 is 29.0 Å². The number of carbonyl (C=O) groups excluding carboxylic acids is 3. The van der Waals surface area contributed by atoms with E-state index in [1.807, 2.05) is 12.1 Å². The number of nitrogens with zero attached hydrogens (tertiary/aromatic N) is 2. The second-order valence-corrected chi connectivity index (χ2v) is 7.42. The molecule has 2 heterocycles. The Morgan fingerprint density at radius 1 is 0.963 bits per heavy atom. The normalized spacial score (nSPS) is 17.4. The van der Waals surface area contributed by atoms with E-state index in [-0.39, 0.29) is 17.6 Å². The van der Waals surface area contributed by atoms with Gasteiger partial charge in [-0.2, -0.15) is 0 Å². The molecule has 0 atom stereocenters. The molecule has 2 aromatic rings. The molecule has 0 N–H and O–H groups in total. The number of fused-ring (bicyclic) bond motifs is 1. The van der Waals surface area contributed by atoms with Crippen LogP contribution >= 0.6 is 0 Å². The maximum absolute atomic E-state index is 12.8. The average Bonchev–Trinajstić information content (AvgIpc) is 2.93. The number of piperidine rings is 1. The smallest absolute Gasteiger partial charge is 0.266 e. The number of rotatable bonds is 3. The van der Waals surface area contributed by atoms with Gasteiger partial charge >= 0.3 is 0 Å². The van der Waals surface area contributed by atoms with E-state index in [1.54, 1.807) is 30.3 Å². The van der Waals surface area contributed by atoms with Crippen LogP contribution in [0.3, 0.4) is 0 Å². The first-order chi connectivity index (χ1) is 13.0. The van der Waals surface area contributed by atoms with Gasteiger partial charge in [0.25, 0.3) is 11.8 Å². The summed E-state index contributed by atoms with van der Waals surface area (Å²) in [5.41, 5.74) is 2.49. The van der Waals surface area contributed by atoms with Crippen LogP contribution in [0, 0.1) is 5.92 Å². The van der Waals surface area contributed by atoms with Gasteiger partial charge in [-0.25, -0.2) is 4.90 Å². The number of ketones is 1. The molecule has 27 heavy (non-hydrogen) atoms. The zero-order valence-corrected chi connectivity index (χ0v) is 15.6. The zero-order valence-electron chi connectivity index (χ0n) is 15.6. The van der Waals surface area contributed by atoms with Crippen LogP contribution in [0.1, 0.15) is 57.8 Å². The minimum absolute atomic E-state index is 0.159. The third-order valence-electron chi connectivity index (χ3n) is 5.54. The van der Waals surface area contributed by atoms with Crippen molar-refractivity contribution in [2.24, 2.45) is 5.92 Å². The van der Waals surface area contributed by atoms with Gasteiger partial charge in [0.2, 0.25) is 0 Å². The van der Waals surface area contributed by atoms with E-state index in [9.17, 15) is 14.4 Å². The molecular weight excluding hydrogens is 340 g/mol. The fourth-order valence-electron chi connectivity index (χ4n) is 3.87. The molecule has 0 unspecified atom stereocenters. The van der Waals surface area contributed by atoms with Crippen molar-refractivity contribution in [3.63, 3.8) is 0 Å². The minimum atomic E-state index is -0.377. The number of hydrogen-bond acceptors (Lipinski definition) is 4. The van der Waals surface area contributed by atoms with Crippen LogP contribution in [0.25, 0.3) is 0 Å². The van der Waals surface area contributed by atoms with E-state index in [1.165, 1.54) is 6.92 Å². The highest BCUT2D eigenvalue weighted by atomic mass is 16.2. The van der Waals surface area contributed by atoms with E-state index in [2.05, 4.69) is 11.8 Å². The fraction of sp³-hybridized carbons (Fsp3) is 0.318. The Morgan fingerprint density at radius 2 is 1.56 bits per heavy atom. The summed E-state index contributed by atoms with van der Waals surface area (Å²) in [6.07, 6.45) is 2.24. The number of benzene rings is 2. The predicted molar refractivity (Wildman–Crippen MR) is 105 cm³/mol. The highest BCUT2D eigenvalue weighted by Gasteiger charge is 2.38. The van der Waals surface area contributed by atoms with Crippen LogP contribution in [0.4, 0.5) is 11.4 Å². The summed E-state index contributed by atoms with van der Waals surface area (Å²) in [5, 5.41) is 0. The topological polar surface area (TPSA) is 57.7 Å². The Bertz CT molecular complexity index is 907. The van der Waals surface area contributed by atoms with Gasteiger partial charge in [0.1, 0.15) is 0 Å². The first-order valence-corrected chi connectivity index (χ1v) is 9.35. The second kappa shape index (κ2) is 6.65. The Labute approximate surface area is 158 Å². The first-order valence-electron chi connectivity index (χ1n) is 9.35. The van der Waals surface area contributed by atoms with Gasteiger partial charge in [-0.3, -0.25) is 14.4 Å². The standard InChI is InChI=1S/C22H22N2O3/c1-14-9-11-23(12-10-14)16-7-8-20(19(13-16)15(2)25)24-21(26)17-5-3-4-6-18(17)22(24)27/h3-8,13-14H,9-12H2,1-2H3. The number of hydrogen-bond donors (Lipinski definition) is 0. The molecule has 2 aromatic carbocycles. The summed E-state index contributed by atoms with van der Waals surface area (Å²) in [6, 6.07) is 12.2. The third kappa shape index (κ3) is 2.93. The van der Waals surface area contributed by atoms with Crippen molar-refractivity contribution in [1.29, 1.82) is 0 Å². The lowest BCUT2D eigenvalue weighted by Gasteiger charge is -2.32. The molecule has 2 aliphatic heterocycles. The van der Waals surface area contributed by atoms with E-state index in [0.717, 1.165) is 36.5 Å². The molecule has 5 nitrogen and oxygen atoms in total. The number of imide groups is 1. The molecule has 5 heteroatoms. The van der Waals surface area contributed by atoms with E-state index < -0.39 is 0 Å². The summed E-state index contributed by atoms with van der Waals surface area (Å²) in [5.74, 6) is -0.199. The SMILES string of the molecule is CC(=O)c1cc(N2CCC(C)CC2)ccc1N1C(=O)c2ccccc2C1=O. The van der Waals surface area contributed by atoms with Crippen molar-refractivity contribution < 1.29 is 14.4 Å². The highest BCUT2D eigenvalue weighted by Crippen LogP contribution is 2.34. The maximum Gasteiger partial charge on any atom is 0.266 e. The van der Waals surface area contributed by atoms with Crippen LogP contribution in [-0.2, 0) is 0 Å². The van der Waals surface area contributed by atoms with Crippen LogP contribution < -0.4 is 9.80 Å². The largest absolute Gasteiger partial charge is 0.371 e. The van der Waals surface area contributed by atoms with Crippen LogP contribution in [0.15, 0.2) is 42.5 Å². The van der Waals surface area contributed by atoms with Gasteiger partial charge < -0.3 is 4.90 Å². The Hall–Kier alpha value is -2.95. The monoisotopic (exact) mass is 362 g/mol. The summed E-state index contributed by atoms with van der Waals surface area (Å²) in [6.45, 7) is 5.62. The van der Waals surface area contributed by atoms with E-state index in [4.69, 9.17) is 0 Å². The van der Waals surface area contributed by atoms with E-state index in [0.29, 0.717) is 28.3 Å². The number of anilines is 2. The molecular formula is C22H22N2O3. The molecule has 0 aliphatic carbocycles. The van der Waals surface area contributed by atoms with Crippen molar-refractivity contribution in [3.8, 4) is 0 Å². The quantitative estimate of drug-likeness (QED) is 0.613. The van der Waals surface area contributed by atoms with Gasteiger partial charge in [-0.1, -0.05) is 19.1 Å². The summed E-state index contributed by atoms with van der Waals surface area (Å²) in [7, 11) is 0. The number of amides is 2. The molecule has 0 aromatic heterocycles. The van der Waals surface area contributed by atoms with Gasteiger partial charge in [-0.05, 0) is 56.0 Å². The molecule has 2 aliphatic rings. The first kappa shape index (κ1) is 17.5. The van der Waals surface area contributed by atoms with Crippen LogP contribution in [-0.4, -0.2) is 30.7 Å². The van der Waals surface area contributed by atoms with Crippen LogP contribution in [0.5, 0.6) is 0 Å². The van der Waals surface area contributed by atoms with Crippen molar-refractivity contribution in [2.45, 2.75) is 26.7 Å². The second-order valence-electron chi connectivity index (χ2n) is 7.42. The maximum atomic E-state index is 12.8. The molecule has 138 valence electrons. The third-order valence-corrected chi connectivity index (χ3v) is 5.54. The van der Waals surface area contributed by atoms with Crippen molar-refractivity contribution in [1.82, 2.24) is 0 Å². The molecule has 0 bridgehead atoms. The Morgan fingerprint density at radius 3 is 2.11 bits per heavy atom. The molecule has 1 saturated heterocycles. The molecule has 2 amide bonds. The zero-order chi connectivity index (χ0) is 19.1. The lowest BCUT2D eigenvalue weighted by atomic mass is 9.98. The van der Waals surface area contributed by atoms with Gasteiger partial charge in [0, 0.05) is 24.3 Å². The molecule has 4 rings (SSSR count). The number of carbonyl (C=O) groups is 3. The van der Waals surface area contributed by atoms with Gasteiger partial charge in [0.05, 0.1) is 16.8 Å². The summed E-state index contributed by atoms with van der Waals surface area (Å²) < 4.78 is 0. The summed E-state index contributed by atoms with van der Waals surface area (Å²) in [4.78, 5) is 41.3. The molecule has 1 fully saturated rings. The Kier molecular flexibility index (Phi) is 4.30. The number of Topliss-reactive ketones (excluding diaryl/α,β-unsaturated/α-hetero) is 1. The Balaban J connectivity index is 1.73. The van der Waals surface area contributed by atoms with Crippen molar-refractivity contribution in [3.05, 3.63) is 59.2 Å². The molecule has 0 spiro atoms. The minimum Gasteiger partial charge on any atom is -0.371 e. The highest BCUT2D eigenvalue weighted by molar-refractivity contribution is 6.35. The fourth-order valence-corrected chi connectivity index (χ4v) is 3.87. The molecule has 0 radical (unpaired) electrons. The van der Waals surface area contributed by atoms with E-state index >= 15 is 0 Å². The lowest BCUT2D eigenvalue weighted by molar-refractivity contribution is 0.0926. The summed E-state index contributed by atoms with van der Waals surface area (Å²) >= 11 is 0. The average molecular weight is 362 g/mol. The van der Waals surface area contributed by atoms with Crippen LogP contribution in [0.2, 0.25) is 0 Å². The van der Waals surface area contributed by atoms with Crippen molar-refractivity contribution in [2.75, 3.05) is 22.9 Å². The van der Waals surface area contributed by atoms with Gasteiger partial charge in [0.15, 0.2) is 5.78 Å².